The summed E-state index contributed by atoms with van der Waals surface area (Å²) in [5.41, 5.74) is 5.25. The van der Waals surface area contributed by atoms with Gasteiger partial charge in [-0.3, -0.25) is 9.55 Å². The van der Waals surface area contributed by atoms with Crippen LogP contribution in [0, 0.1) is 13.8 Å². The zero-order valence-electron chi connectivity index (χ0n) is 13.7. The van der Waals surface area contributed by atoms with Crippen molar-refractivity contribution in [2.75, 3.05) is 0 Å². The average molecular weight is 314 g/mol. The fourth-order valence-electron chi connectivity index (χ4n) is 2.99. The van der Waals surface area contributed by atoms with Gasteiger partial charge in [-0.1, -0.05) is 36.4 Å². The van der Waals surface area contributed by atoms with Crippen molar-refractivity contribution in [1.82, 2.24) is 9.55 Å². The van der Waals surface area contributed by atoms with Crippen LogP contribution in [0.15, 0.2) is 72.9 Å². The third-order valence-corrected chi connectivity index (χ3v) is 4.17. The molecule has 0 aliphatic heterocycles. The Morgan fingerprint density at radius 1 is 0.833 bits per heavy atom. The molecule has 3 heteroatoms. The first-order valence-corrected chi connectivity index (χ1v) is 8.00. The molecule has 0 saturated carbocycles. The molecular formula is C21H18N2O. The summed E-state index contributed by atoms with van der Waals surface area (Å²) in [4.78, 5) is 4.47. The Bertz CT molecular complexity index is 983. The molecule has 0 aliphatic carbocycles. The summed E-state index contributed by atoms with van der Waals surface area (Å²) >= 11 is 0. The average Bonchev–Trinajstić information content (AvgIpc) is 2.97. The minimum atomic E-state index is 0.771. The number of para-hydroxylation sites is 2. The first kappa shape index (κ1) is 14.5. The van der Waals surface area contributed by atoms with Gasteiger partial charge in [-0.05, 0) is 49.2 Å². The zero-order chi connectivity index (χ0) is 16.5. The van der Waals surface area contributed by atoms with Gasteiger partial charge in [0.2, 0.25) is 5.88 Å². The second-order valence-electron chi connectivity index (χ2n) is 5.88. The minimum absolute atomic E-state index is 0.771. The molecule has 0 fully saturated rings. The fourth-order valence-corrected chi connectivity index (χ4v) is 2.99. The zero-order valence-corrected chi connectivity index (χ0v) is 13.7. The van der Waals surface area contributed by atoms with E-state index < -0.39 is 0 Å². The first-order valence-electron chi connectivity index (χ1n) is 8.00. The molecular weight excluding hydrogens is 296 g/mol. The van der Waals surface area contributed by atoms with Crippen LogP contribution in [-0.4, -0.2) is 9.55 Å². The molecule has 3 nitrogen and oxygen atoms in total. The third kappa shape index (κ3) is 2.44. The largest absolute Gasteiger partial charge is 0.440 e. The van der Waals surface area contributed by atoms with Crippen LogP contribution >= 0.6 is 0 Å². The lowest BCUT2D eigenvalue weighted by Gasteiger charge is -2.14. The van der Waals surface area contributed by atoms with E-state index in [9.17, 15) is 0 Å². The normalized spacial score (nSPS) is 10.9. The molecule has 4 rings (SSSR count). The molecule has 0 aliphatic rings. The van der Waals surface area contributed by atoms with Gasteiger partial charge in [0.15, 0.2) is 0 Å². The number of pyridine rings is 1. The lowest BCUT2D eigenvalue weighted by atomic mass is 10.1. The molecule has 2 aromatic carbocycles. The number of ether oxygens (including phenoxy) is 1. The predicted molar refractivity (Wildman–Crippen MR) is 97.1 cm³/mol. The molecule has 0 amide bonds. The van der Waals surface area contributed by atoms with Gasteiger partial charge in [0, 0.05) is 18.0 Å². The van der Waals surface area contributed by atoms with Crippen LogP contribution in [0.3, 0.4) is 0 Å². The van der Waals surface area contributed by atoms with Crippen molar-refractivity contribution in [3.8, 4) is 17.3 Å². The van der Waals surface area contributed by atoms with E-state index >= 15 is 0 Å². The van der Waals surface area contributed by atoms with Crippen molar-refractivity contribution in [1.29, 1.82) is 0 Å². The van der Waals surface area contributed by atoms with E-state index in [1.807, 2.05) is 36.4 Å². The number of hydrogen-bond acceptors (Lipinski definition) is 2. The number of fused-ring (bicyclic) bond motifs is 1. The Kier molecular flexibility index (Phi) is 3.54. The van der Waals surface area contributed by atoms with E-state index in [0.29, 0.717) is 0 Å². The van der Waals surface area contributed by atoms with E-state index in [0.717, 1.165) is 39.5 Å². The Morgan fingerprint density at radius 3 is 2.33 bits per heavy atom. The van der Waals surface area contributed by atoms with E-state index in [2.05, 4.69) is 53.7 Å². The molecule has 0 unspecified atom stereocenters. The maximum Gasteiger partial charge on any atom is 0.207 e. The van der Waals surface area contributed by atoms with Gasteiger partial charge in [-0.15, -0.1) is 0 Å². The Morgan fingerprint density at radius 2 is 1.58 bits per heavy atom. The molecule has 0 spiro atoms. The third-order valence-electron chi connectivity index (χ3n) is 4.17. The van der Waals surface area contributed by atoms with Crippen molar-refractivity contribution in [2.24, 2.45) is 0 Å². The molecule has 0 atom stereocenters. The van der Waals surface area contributed by atoms with E-state index in [1.165, 1.54) is 0 Å². The van der Waals surface area contributed by atoms with Gasteiger partial charge in [0.05, 0.1) is 11.0 Å². The van der Waals surface area contributed by atoms with Crippen molar-refractivity contribution in [2.45, 2.75) is 13.8 Å². The highest BCUT2D eigenvalue weighted by molar-refractivity contribution is 5.80. The quantitative estimate of drug-likeness (QED) is 0.504. The molecule has 0 radical (unpaired) electrons. The maximum absolute atomic E-state index is 6.33. The van der Waals surface area contributed by atoms with Gasteiger partial charge in [-0.25, -0.2) is 0 Å². The summed E-state index contributed by atoms with van der Waals surface area (Å²) in [6, 6.07) is 22.4. The van der Waals surface area contributed by atoms with Crippen LogP contribution in [-0.2, 0) is 0 Å². The Hall–Kier alpha value is -3.07. The fraction of sp³-hybridized carbons (Fsp3) is 0.0952. The number of aromatic nitrogens is 2. The van der Waals surface area contributed by atoms with Crippen LogP contribution in [0.1, 0.15) is 11.1 Å². The topological polar surface area (TPSA) is 27.1 Å². The van der Waals surface area contributed by atoms with Crippen LogP contribution in [0.4, 0.5) is 0 Å². The highest BCUT2D eigenvalue weighted by Crippen LogP contribution is 2.34. The summed E-state index contributed by atoms with van der Waals surface area (Å²) in [5, 5.41) is 0. The van der Waals surface area contributed by atoms with Gasteiger partial charge >= 0.3 is 0 Å². The summed E-state index contributed by atoms with van der Waals surface area (Å²) < 4.78 is 8.44. The van der Waals surface area contributed by atoms with Crippen molar-refractivity contribution in [3.63, 3.8) is 0 Å². The molecule has 2 heterocycles. The van der Waals surface area contributed by atoms with Crippen molar-refractivity contribution < 1.29 is 4.74 Å². The predicted octanol–water partition coefficient (Wildman–Crippen LogP) is 5.43. The van der Waals surface area contributed by atoms with Gasteiger partial charge < -0.3 is 4.74 Å². The van der Waals surface area contributed by atoms with Gasteiger partial charge in [-0.2, -0.15) is 0 Å². The Balaban J connectivity index is 1.92. The summed E-state index contributed by atoms with van der Waals surface area (Å²) in [7, 11) is 0. The number of hydrogen-bond donors (Lipinski definition) is 0. The molecule has 4 aromatic rings. The molecule has 24 heavy (non-hydrogen) atoms. The summed E-state index contributed by atoms with van der Waals surface area (Å²) in [6.07, 6.45) is 1.81. The summed E-state index contributed by atoms with van der Waals surface area (Å²) in [6.45, 7) is 4.13. The summed E-state index contributed by atoms with van der Waals surface area (Å²) in [5.74, 6) is 1.67. The lowest BCUT2D eigenvalue weighted by Crippen LogP contribution is -1.99. The van der Waals surface area contributed by atoms with Crippen molar-refractivity contribution >= 4 is 11.0 Å². The number of nitrogens with zero attached hydrogens (tertiary/aromatic N) is 2. The maximum atomic E-state index is 6.33. The lowest BCUT2D eigenvalue weighted by molar-refractivity contribution is 0.448. The number of rotatable bonds is 3. The molecule has 0 N–H and O–H groups in total. The number of benzene rings is 2. The first-order chi connectivity index (χ1) is 11.7. The van der Waals surface area contributed by atoms with Crippen LogP contribution in [0.25, 0.3) is 16.7 Å². The van der Waals surface area contributed by atoms with E-state index in [4.69, 9.17) is 4.74 Å². The van der Waals surface area contributed by atoms with Crippen LogP contribution in [0.2, 0.25) is 0 Å². The molecule has 2 aromatic heterocycles. The molecule has 118 valence electrons. The van der Waals surface area contributed by atoms with E-state index in [1.54, 1.807) is 6.20 Å². The van der Waals surface area contributed by atoms with Gasteiger partial charge in [0.25, 0.3) is 0 Å². The minimum Gasteiger partial charge on any atom is -0.440 e. The van der Waals surface area contributed by atoms with Crippen LogP contribution in [0.5, 0.6) is 11.6 Å². The van der Waals surface area contributed by atoms with Crippen molar-refractivity contribution in [3.05, 3.63) is 84.1 Å². The van der Waals surface area contributed by atoms with Crippen LogP contribution < -0.4 is 4.74 Å². The highest BCUT2D eigenvalue weighted by Gasteiger charge is 2.14. The van der Waals surface area contributed by atoms with Gasteiger partial charge in [0.1, 0.15) is 5.75 Å². The molecule has 0 saturated heterocycles. The second kappa shape index (κ2) is 5.85. The second-order valence-corrected chi connectivity index (χ2v) is 5.88. The SMILES string of the molecule is Cc1cccc(C)c1Oc1cc2ncccc2n1-c1ccccc1. The standard InChI is InChI=1S/C21H18N2O/c1-15-8-6-9-16(2)21(15)24-20-14-18-19(12-7-13-22-18)23(20)17-10-4-3-5-11-17/h3-14H,1-2H3. The smallest absolute Gasteiger partial charge is 0.207 e. The highest BCUT2D eigenvalue weighted by atomic mass is 16.5. The monoisotopic (exact) mass is 314 g/mol. The number of aryl methyl sites for hydroxylation is 2. The Labute approximate surface area is 141 Å². The van der Waals surface area contributed by atoms with E-state index in [-0.39, 0.29) is 0 Å². The molecule has 0 bridgehead atoms.